The lowest BCUT2D eigenvalue weighted by molar-refractivity contribution is -0.139. The average molecular weight is 392 g/mol. The zero-order chi connectivity index (χ0) is 19.6. The Kier molecular flexibility index (Phi) is 5.81. The van der Waals surface area contributed by atoms with E-state index in [4.69, 9.17) is 9.84 Å². The smallest absolute Gasteiger partial charge is 0.319 e. The van der Waals surface area contributed by atoms with Gasteiger partial charge in [0.15, 0.2) is 0 Å². The highest BCUT2D eigenvalue weighted by Gasteiger charge is 2.34. The van der Waals surface area contributed by atoms with Crippen LogP contribution in [0.5, 0.6) is 5.75 Å². The lowest BCUT2D eigenvalue weighted by Crippen LogP contribution is -2.55. The Morgan fingerprint density at radius 2 is 2.15 bits per heavy atom. The van der Waals surface area contributed by atoms with Gasteiger partial charge in [-0.2, -0.15) is 0 Å². The Morgan fingerprint density at radius 3 is 2.78 bits per heavy atom. The molecule has 0 saturated heterocycles. The van der Waals surface area contributed by atoms with E-state index in [9.17, 15) is 9.59 Å². The van der Waals surface area contributed by atoms with Crippen LogP contribution in [-0.4, -0.2) is 59.3 Å². The number of aryl methyl sites for hydroxylation is 1. The number of anilines is 1. The Bertz CT molecular complexity index is 847. The number of urea groups is 1. The molecule has 1 heterocycles. The van der Waals surface area contributed by atoms with Crippen LogP contribution in [0.25, 0.3) is 10.2 Å². The van der Waals surface area contributed by atoms with Crippen LogP contribution >= 0.6 is 11.3 Å². The number of methoxy groups -OCH3 is 1. The summed E-state index contributed by atoms with van der Waals surface area (Å²) in [5.74, 6) is -0.264. The SMILES string of the molecule is CCN(CC(=O)O)C1CC(NC(=O)Nc2cc3sc(C)nc3cc2OC)C1. The van der Waals surface area contributed by atoms with Gasteiger partial charge < -0.3 is 20.5 Å². The summed E-state index contributed by atoms with van der Waals surface area (Å²) in [6, 6.07) is 3.63. The van der Waals surface area contributed by atoms with Crippen LogP contribution in [0.4, 0.5) is 10.5 Å². The van der Waals surface area contributed by atoms with Crippen molar-refractivity contribution in [3.8, 4) is 5.75 Å². The summed E-state index contributed by atoms with van der Waals surface area (Å²) >= 11 is 1.56. The molecule has 0 bridgehead atoms. The molecule has 1 aromatic carbocycles. The van der Waals surface area contributed by atoms with Crippen molar-refractivity contribution in [2.24, 2.45) is 0 Å². The first-order chi connectivity index (χ1) is 12.9. The maximum absolute atomic E-state index is 12.4. The van der Waals surface area contributed by atoms with Gasteiger partial charge >= 0.3 is 12.0 Å². The summed E-state index contributed by atoms with van der Waals surface area (Å²) in [5, 5.41) is 15.7. The molecule has 3 rings (SSSR count). The number of aromatic nitrogens is 1. The lowest BCUT2D eigenvalue weighted by atomic mass is 9.85. The maximum atomic E-state index is 12.4. The summed E-state index contributed by atoms with van der Waals surface area (Å²) in [7, 11) is 1.56. The molecule has 3 N–H and O–H groups in total. The van der Waals surface area contributed by atoms with E-state index in [-0.39, 0.29) is 24.7 Å². The molecule has 2 aromatic rings. The topological polar surface area (TPSA) is 104 Å². The molecule has 1 fully saturated rings. The number of hydrogen-bond acceptors (Lipinski definition) is 6. The van der Waals surface area contributed by atoms with Crippen molar-refractivity contribution >= 4 is 39.2 Å². The molecule has 0 aliphatic heterocycles. The standard InChI is InChI=1S/C18H24N4O4S/c1-4-22(9-17(23)24)12-5-11(6-12)20-18(25)21-13-8-16-14(7-15(13)26-3)19-10(2)27-16/h7-8,11-12H,4-6,9H2,1-3H3,(H,23,24)(H2,20,21,25). The van der Waals surface area contributed by atoms with Gasteiger partial charge in [0.25, 0.3) is 0 Å². The van der Waals surface area contributed by atoms with Gasteiger partial charge in [-0.15, -0.1) is 11.3 Å². The quantitative estimate of drug-likeness (QED) is 0.669. The highest BCUT2D eigenvalue weighted by Crippen LogP contribution is 2.33. The maximum Gasteiger partial charge on any atom is 0.319 e. The predicted octanol–water partition coefficient (Wildman–Crippen LogP) is 2.67. The van der Waals surface area contributed by atoms with E-state index in [1.54, 1.807) is 18.4 Å². The highest BCUT2D eigenvalue weighted by atomic mass is 32.1. The number of nitrogens with zero attached hydrogens (tertiary/aromatic N) is 2. The number of carbonyl (C=O) groups excluding carboxylic acids is 1. The molecule has 1 aliphatic carbocycles. The number of fused-ring (bicyclic) bond motifs is 1. The van der Waals surface area contributed by atoms with E-state index in [1.807, 2.05) is 30.9 Å². The van der Waals surface area contributed by atoms with E-state index in [0.29, 0.717) is 18.0 Å². The molecular formula is C18H24N4O4S. The van der Waals surface area contributed by atoms with E-state index in [1.165, 1.54) is 0 Å². The minimum absolute atomic E-state index is 0.0333. The first kappa shape index (κ1) is 19.4. The van der Waals surface area contributed by atoms with Crippen molar-refractivity contribution in [3.05, 3.63) is 17.1 Å². The van der Waals surface area contributed by atoms with Crippen LogP contribution in [0.2, 0.25) is 0 Å². The number of aliphatic carboxylic acids is 1. The van der Waals surface area contributed by atoms with Crippen LogP contribution in [0.15, 0.2) is 12.1 Å². The third kappa shape index (κ3) is 4.48. The normalized spacial score (nSPS) is 19.0. The molecule has 0 radical (unpaired) electrons. The largest absolute Gasteiger partial charge is 0.494 e. The Morgan fingerprint density at radius 1 is 1.41 bits per heavy atom. The third-order valence-corrected chi connectivity index (χ3v) is 5.71. The van der Waals surface area contributed by atoms with Gasteiger partial charge in [-0.05, 0) is 32.4 Å². The Hall–Kier alpha value is -2.39. The molecule has 8 nitrogen and oxygen atoms in total. The minimum Gasteiger partial charge on any atom is -0.494 e. The zero-order valence-corrected chi connectivity index (χ0v) is 16.4. The first-order valence-electron chi connectivity index (χ1n) is 8.88. The predicted molar refractivity (Wildman–Crippen MR) is 105 cm³/mol. The fourth-order valence-electron chi connectivity index (χ4n) is 3.36. The second kappa shape index (κ2) is 8.10. The van der Waals surface area contributed by atoms with Crippen molar-refractivity contribution in [3.63, 3.8) is 0 Å². The summed E-state index contributed by atoms with van der Waals surface area (Å²) < 4.78 is 6.35. The van der Waals surface area contributed by atoms with Gasteiger partial charge in [0.2, 0.25) is 0 Å². The van der Waals surface area contributed by atoms with Gasteiger partial charge in [0.1, 0.15) is 5.75 Å². The number of thiazole rings is 1. The van der Waals surface area contributed by atoms with E-state index < -0.39 is 5.97 Å². The second-order valence-corrected chi connectivity index (χ2v) is 7.87. The summed E-state index contributed by atoms with van der Waals surface area (Å²) in [6.45, 7) is 4.60. The van der Waals surface area contributed by atoms with E-state index in [0.717, 1.165) is 28.1 Å². The number of carboxylic acids is 1. The molecule has 0 spiro atoms. The van der Waals surface area contributed by atoms with Crippen LogP contribution in [0.3, 0.4) is 0 Å². The molecule has 1 saturated carbocycles. The van der Waals surface area contributed by atoms with Gasteiger partial charge in [0.05, 0.1) is 34.6 Å². The van der Waals surface area contributed by atoms with Crippen molar-refractivity contribution in [1.29, 1.82) is 0 Å². The number of carboxylic acid groups (broad SMARTS) is 1. The second-order valence-electron chi connectivity index (χ2n) is 6.63. The van der Waals surface area contributed by atoms with Crippen molar-refractivity contribution in [2.45, 2.75) is 38.8 Å². The number of amides is 2. The molecule has 1 aromatic heterocycles. The summed E-state index contributed by atoms with van der Waals surface area (Å²) in [6.07, 6.45) is 1.50. The molecule has 0 atom stereocenters. The number of likely N-dealkylation sites (N-methyl/N-ethyl adjacent to an activating group) is 1. The van der Waals surface area contributed by atoms with Crippen LogP contribution in [0, 0.1) is 6.92 Å². The summed E-state index contributed by atoms with van der Waals surface area (Å²) in [4.78, 5) is 29.6. The monoisotopic (exact) mass is 392 g/mol. The molecular weight excluding hydrogens is 368 g/mol. The Balaban J connectivity index is 1.57. The fourth-order valence-corrected chi connectivity index (χ4v) is 4.21. The molecule has 27 heavy (non-hydrogen) atoms. The van der Waals surface area contributed by atoms with Gasteiger partial charge in [0, 0.05) is 18.2 Å². The molecule has 9 heteroatoms. The summed E-state index contributed by atoms with van der Waals surface area (Å²) in [5.41, 5.74) is 1.45. The first-order valence-corrected chi connectivity index (χ1v) is 9.69. The fraction of sp³-hybridized carbons (Fsp3) is 0.500. The van der Waals surface area contributed by atoms with Gasteiger partial charge in [-0.3, -0.25) is 9.69 Å². The molecule has 1 aliphatic rings. The number of rotatable bonds is 7. The Labute approximate surface area is 161 Å². The van der Waals surface area contributed by atoms with Crippen molar-refractivity contribution in [1.82, 2.24) is 15.2 Å². The lowest BCUT2D eigenvalue weighted by Gasteiger charge is -2.42. The van der Waals surface area contributed by atoms with Crippen LogP contribution < -0.4 is 15.4 Å². The van der Waals surface area contributed by atoms with Crippen LogP contribution in [-0.2, 0) is 4.79 Å². The number of nitrogens with one attached hydrogen (secondary N) is 2. The number of ether oxygens (including phenoxy) is 1. The van der Waals surface area contributed by atoms with E-state index in [2.05, 4.69) is 15.6 Å². The number of carbonyl (C=O) groups is 2. The number of benzene rings is 1. The highest BCUT2D eigenvalue weighted by molar-refractivity contribution is 7.18. The third-order valence-electron chi connectivity index (χ3n) is 4.77. The van der Waals surface area contributed by atoms with Crippen molar-refractivity contribution < 1.29 is 19.4 Å². The van der Waals surface area contributed by atoms with Gasteiger partial charge in [-0.25, -0.2) is 9.78 Å². The van der Waals surface area contributed by atoms with Crippen LogP contribution in [0.1, 0.15) is 24.8 Å². The average Bonchev–Trinajstić information content (AvgIpc) is 2.93. The van der Waals surface area contributed by atoms with E-state index >= 15 is 0 Å². The van der Waals surface area contributed by atoms with Gasteiger partial charge in [-0.1, -0.05) is 6.92 Å². The molecule has 2 amide bonds. The molecule has 146 valence electrons. The minimum atomic E-state index is -0.827. The molecule has 0 unspecified atom stereocenters. The number of hydrogen-bond donors (Lipinski definition) is 3. The zero-order valence-electron chi connectivity index (χ0n) is 15.6. The van der Waals surface area contributed by atoms with Crippen molar-refractivity contribution in [2.75, 3.05) is 25.5 Å².